The normalized spacial score (nSPS) is 16.8. The first kappa shape index (κ1) is 23.1. The Balaban J connectivity index is 1.69. The Morgan fingerprint density at radius 3 is 2.50 bits per heavy atom. The summed E-state index contributed by atoms with van der Waals surface area (Å²) in [6.07, 6.45) is 1.57. The van der Waals surface area contributed by atoms with E-state index in [4.69, 9.17) is 9.84 Å². The van der Waals surface area contributed by atoms with Gasteiger partial charge in [-0.2, -0.15) is 0 Å². The maximum absolute atomic E-state index is 12.8. The molecule has 1 fully saturated rings. The van der Waals surface area contributed by atoms with Gasteiger partial charge in [0.1, 0.15) is 11.0 Å². The number of nitrogens with zero attached hydrogens (tertiary/aromatic N) is 2. The van der Waals surface area contributed by atoms with Crippen molar-refractivity contribution >= 4 is 46.1 Å². The van der Waals surface area contributed by atoms with Crippen LogP contribution in [-0.4, -0.2) is 51.4 Å². The lowest BCUT2D eigenvalue weighted by atomic mass is 10.2. The van der Waals surface area contributed by atoms with Crippen LogP contribution in [0.15, 0.2) is 66.2 Å². The fraction of sp³-hybridized carbons (Fsp3) is 0.217. The molecule has 1 aliphatic heterocycles. The van der Waals surface area contributed by atoms with E-state index in [2.05, 4.69) is 16.9 Å². The molecule has 9 heteroatoms. The van der Waals surface area contributed by atoms with E-state index in [1.165, 1.54) is 28.8 Å². The zero-order valence-corrected chi connectivity index (χ0v) is 18.3. The number of anilines is 1. The van der Waals surface area contributed by atoms with Gasteiger partial charge in [-0.05, 0) is 55.5 Å². The average Bonchev–Trinajstić information content (AvgIpc) is 3.04. The molecule has 1 unspecified atom stereocenters. The monoisotopic (exact) mass is 453 g/mol. The number of ether oxygens (including phenoxy) is 1. The maximum Gasteiger partial charge on any atom is 0.335 e. The minimum absolute atomic E-state index is 0.0126. The van der Waals surface area contributed by atoms with Gasteiger partial charge < -0.3 is 15.2 Å². The number of aromatic carboxylic acids is 1. The van der Waals surface area contributed by atoms with E-state index in [0.717, 1.165) is 0 Å². The number of amidine groups is 1. The first-order chi connectivity index (χ1) is 15.4. The van der Waals surface area contributed by atoms with Crippen molar-refractivity contribution < 1.29 is 24.2 Å². The predicted molar refractivity (Wildman–Crippen MR) is 125 cm³/mol. The first-order valence-corrected chi connectivity index (χ1v) is 10.8. The van der Waals surface area contributed by atoms with Crippen molar-refractivity contribution in [2.45, 2.75) is 18.6 Å². The van der Waals surface area contributed by atoms with Gasteiger partial charge >= 0.3 is 5.97 Å². The van der Waals surface area contributed by atoms with Crippen molar-refractivity contribution in [1.82, 2.24) is 4.90 Å². The minimum atomic E-state index is -1.03. The number of thioether (sulfide) groups is 1. The highest BCUT2D eigenvalue weighted by molar-refractivity contribution is 8.15. The van der Waals surface area contributed by atoms with Crippen molar-refractivity contribution in [3.05, 3.63) is 66.7 Å². The Bertz CT molecular complexity index is 1030. The zero-order chi connectivity index (χ0) is 23.1. The number of benzene rings is 2. The number of carbonyl (C=O) groups is 3. The van der Waals surface area contributed by atoms with Crippen LogP contribution in [0, 0.1) is 0 Å². The van der Waals surface area contributed by atoms with Crippen molar-refractivity contribution in [1.29, 1.82) is 0 Å². The molecule has 166 valence electrons. The fourth-order valence-corrected chi connectivity index (χ4v) is 4.16. The Morgan fingerprint density at radius 2 is 1.91 bits per heavy atom. The standard InChI is InChI=1S/C23H23N3O5S/c1-3-13-26-21(28)19(14-20(27)24-16-9-11-18(12-10-16)31-4-2)32-23(26)25-17-7-5-15(6-8-17)22(29)30/h3,5-12,19H,1,4,13-14H2,2H3,(H,24,27)(H,29,30). The predicted octanol–water partition coefficient (Wildman–Crippen LogP) is 3.93. The molecular formula is C23H23N3O5S. The number of carboxylic acid groups (broad SMARTS) is 1. The summed E-state index contributed by atoms with van der Waals surface area (Å²) in [5.41, 5.74) is 1.28. The van der Waals surface area contributed by atoms with E-state index in [9.17, 15) is 14.4 Å². The highest BCUT2D eigenvalue weighted by Crippen LogP contribution is 2.32. The third kappa shape index (κ3) is 5.76. The summed E-state index contributed by atoms with van der Waals surface area (Å²) in [4.78, 5) is 42.3. The lowest BCUT2D eigenvalue weighted by Gasteiger charge is -2.14. The van der Waals surface area contributed by atoms with Crippen LogP contribution in [0.4, 0.5) is 11.4 Å². The van der Waals surface area contributed by atoms with Gasteiger partial charge in [0, 0.05) is 18.7 Å². The number of aliphatic imine (C=N–C) groups is 1. The van der Waals surface area contributed by atoms with E-state index in [0.29, 0.717) is 28.9 Å². The van der Waals surface area contributed by atoms with Crippen LogP contribution >= 0.6 is 11.8 Å². The summed E-state index contributed by atoms with van der Waals surface area (Å²) in [6.45, 7) is 6.39. The van der Waals surface area contributed by atoms with Crippen LogP contribution in [0.5, 0.6) is 5.75 Å². The second kappa shape index (κ2) is 10.6. The van der Waals surface area contributed by atoms with Gasteiger partial charge in [0.25, 0.3) is 0 Å². The molecule has 3 rings (SSSR count). The maximum atomic E-state index is 12.8. The second-order valence-electron chi connectivity index (χ2n) is 6.80. The van der Waals surface area contributed by atoms with Crippen LogP contribution in [0.3, 0.4) is 0 Å². The molecule has 0 radical (unpaired) electrons. The van der Waals surface area contributed by atoms with Crippen LogP contribution in [0.25, 0.3) is 0 Å². The SMILES string of the molecule is C=CCN1C(=O)C(CC(=O)Nc2ccc(OCC)cc2)SC1=Nc1ccc(C(=O)O)cc1. The number of hydrogen-bond acceptors (Lipinski definition) is 6. The molecular weight excluding hydrogens is 430 g/mol. The summed E-state index contributed by atoms with van der Waals surface area (Å²) in [7, 11) is 0. The molecule has 1 saturated heterocycles. The van der Waals surface area contributed by atoms with Crippen LogP contribution in [-0.2, 0) is 9.59 Å². The van der Waals surface area contributed by atoms with E-state index in [-0.39, 0.29) is 30.3 Å². The largest absolute Gasteiger partial charge is 0.494 e. The summed E-state index contributed by atoms with van der Waals surface area (Å²) in [5, 5.41) is 11.6. The number of amides is 2. The van der Waals surface area contributed by atoms with Gasteiger partial charge in [0.15, 0.2) is 5.17 Å². The lowest BCUT2D eigenvalue weighted by molar-refractivity contribution is -0.127. The van der Waals surface area contributed by atoms with Gasteiger partial charge in [-0.15, -0.1) is 6.58 Å². The molecule has 32 heavy (non-hydrogen) atoms. The highest BCUT2D eigenvalue weighted by atomic mass is 32.2. The highest BCUT2D eigenvalue weighted by Gasteiger charge is 2.38. The molecule has 1 atom stereocenters. The summed E-state index contributed by atoms with van der Waals surface area (Å²) in [6, 6.07) is 13.0. The summed E-state index contributed by atoms with van der Waals surface area (Å²) < 4.78 is 5.38. The first-order valence-electron chi connectivity index (χ1n) is 9.95. The van der Waals surface area contributed by atoms with Crippen LogP contribution in [0.2, 0.25) is 0 Å². The summed E-state index contributed by atoms with van der Waals surface area (Å²) >= 11 is 1.20. The van der Waals surface area contributed by atoms with Gasteiger partial charge in [0.2, 0.25) is 11.8 Å². The molecule has 0 aromatic heterocycles. The second-order valence-corrected chi connectivity index (χ2v) is 7.97. The van der Waals surface area contributed by atoms with E-state index < -0.39 is 11.2 Å². The quantitative estimate of drug-likeness (QED) is 0.557. The molecule has 0 spiro atoms. The number of carbonyl (C=O) groups excluding carboxylic acids is 2. The van der Waals surface area contributed by atoms with E-state index >= 15 is 0 Å². The molecule has 0 bridgehead atoms. The Labute approximate surface area is 190 Å². The van der Waals surface area contributed by atoms with Crippen molar-refractivity contribution in [2.75, 3.05) is 18.5 Å². The van der Waals surface area contributed by atoms with Crippen LogP contribution < -0.4 is 10.1 Å². The molecule has 2 aromatic rings. The Hall–Kier alpha value is -3.59. The minimum Gasteiger partial charge on any atom is -0.494 e. The van der Waals surface area contributed by atoms with E-state index in [1.807, 2.05) is 6.92 Å². The van der Waals surface area contributed by atoms with Crippen LogP contribution in [0.1, 0.15) is 23.7 Å². The number of hydrogen-bond donors (Lipinski definition) is 2. The topological polar surface area (TPSA) is 108 Å². The van der Waals surface area contributed by atoms with Gasteiger partial charge in [-0.25, -0.2) is 9.79 Å². The molecule has 0 saturated carbocycles. The lowest BCUT2D eigenvalue weighted by Crippen LogP contribution is -2.33. The Morgan fingerprint density at radius 1 is 1.22 bits per heavy atom. The smallest absolute Gasteiger partial charge is 0.335 e. The zero-order valence-electron chi connectivity index (χ0n) is 17.5. The van der Waals surface area contributed by atoms with Crippen molar-refractivity contribution in [3.63, 3.8) is 0 Å². The summed E-state index contributed by atoms with van der Waals surface area (Å²) in [5.74, 6) is -0.825. The molecule has 0 aliphatic carbocycles. The van der Waals surface area contributed by atoms with Gasteiger partial charge in [-0.3, -0.25) is 14.5 Å². The van der Waals surface area contributed by atoms with Gasteiger partial charge in [0.05, 0.1) is 17.9 Å². The van der Waals surface area contributed by atoms with Crippen molar-refractivity contribution in [2.24, 2.45) is 4.99 Å². The van der Waals surface area contributed by atoms with E-state index in [1.54, 1.807) is 42.5 Å². The van der Waals surface area contributed by atoms with Crippen molar-refractivity contribution in [3.8, 4) is 5.75 Å². The molecule has 2 aromatic carbocycles. The number of rotatable bonds is 9. The fourth-order valence-electron chi connectivity index (χ4n) is 2.99. The molecule has 2 amide bonds. The third-order valence-electron chi connectivity index (χ3n) is 4.49. The molecule has 8 nitrogen and oxygen atoms in total. The van der Waals surface area contributed by atoms with Gasteiger partial charge in [-0.1, -0.05) is 17.8 Å². The molecule has 1 aliphatic rings. The third-order valence-corrected chi connectivity index (χ3v) is 5.67. The number of carboxylic acids is 1. The number of nitrogens with one attached hydrogen (secondary N) is 1. The molecule has 2 N–H and O–H groups in total. The average molecular weight is 454 g/mol. The Kier molecular flexibility index (Phi) is 7.67. The molecule has 1 heterocycles.